The van der Waals surface area contributed by atoms with Crippen LogP contribution in [-0.2, 0) is 26.2 Å². The summed E-state index contributed by atoms with van der Waals surface area (Å²) in [4.78, 5) is 28.3. The van der Waals surface area contributed by atoms with Crippen LogP contribution < -0.4 is 9.62 Å². The fraction of sp³-hybridized carbons (Fsp3) is 0.440. The van der Waals surface area contributed by atoms with Gasteiger partial charge < -0.3 is 10.2 Å². The average Bonchev–Trinajstić information content (AvgIpc) is 2.80. The van der Waals surface area contributed by atoms with Crippen LogP contribution in [0.25, 0.3) is 0 Å². The zero-order valence-electron chi connectivity index (χ0n) is 21.0. The molecule has 0 aliphatic heterocycles. The number of halogens is 3. The number of hydrogen-bond acceptors (Lipinski definition) is 4. The molecule has 2 aromatic carbocycles. The highest BCUT2D eigenvalue weighted by Crippen LogP contribution is 2.35. The van der Waals surface area contributed by atoms with Gasteiger partial charge in [0.05, 0.1) is 27.0 Å². The second-order valence-electron chi connectivity index (χ2n) is 8.68. The molecule has 0 bridgehead atoms. The highest BCUT2D eigenvalue weighted by Gasteiger charge is 2.33. The third-order valence-electron chi connectivity index (χ3n) is 5.93. The van der Waals surface area contributed by atoms with Crippen LogP contribution in [0, 0.1) is 6.92 Å². The first-order chi connectivity index (χ1) is 16.8. The van der Waals surface area contributed by atoms with E-state index in [1.807, 2.05) is 52.0 Å². The largest absolute Gasteiger partial charge is 0.352 e. The molecule has 0 saturated heterocycles. The molecule has 2 amide bonds. The Labute approximate surface area is 228 Å². The number of nitrogens with zero attached hydrogens (tertiary/aromatic N) is 2. The minimum absolute atomic E-state index is 0.0228. The predicted octanol–water partition coefficient (Wildman–Crippen LogP) is 5.44. The van der Waals surface area contributed by atoms with E-state index in [9.17, 15) is 18.0 Å². The molecule has 11 heteroatoms. The molecule has 1 N–H and O–H groups in total. The van der Waals surface area contributed by atoms with Crippen LogP contribution in [0.1, 0.15) is 44.7 Å². The lowest BCUT2D eigenvalue weighted by Gasteiger charge is -2.34. The molecule has 0 heterocycles. The van der Waals surface area contributed by atoms with Gasteiger partial charge in [0.2, 0.25) is 21.8 Å². The van der Waals surface area contributed by atoms with Gasteiger partial charge in [-0.25, -0.2) is 8.42 Å². The summed E-state index contributed by atoms with van der Waals surface area (Å²) >= 11 is 18.4. The van der Waals surface area contributed by atoms with Crippen molar-refractivity contribution in [1.82, 2.24) is 10.2 Å². The molecule has 0 fully saturated rings. The number of benzene rings is 2. The zero-order valence-corrected chi connectivity index (χ0v) is 24.1. The van der Waals surface area contributed by atoms with E-state index in [2.05, 4.69) is 5.32 Å². The SMILES string of the molecule is CCC(C)NC(=O)C(CC)N(Cc1ccccc1C)C(=O)CN(c1cc(Cl)c(Cl)cc1Cl)S(C)(=O)=O. The van der Waals surface area contributed by atoms with Gasteiger partial charge in [-0.15, -0.1) is 0 Å². The first-order valence-electron chi connectivity index (χ1n) is 11.6. The molecule has 0 aliphatic rings. The van der Waals surface area contributed by atoms with Crippen molar-refractivity contribution < 1.29 is 18.0 Å². The van der Waals surface area contributed by atoms with E-state index in [0.29, 0.717) is 6.42 Å². The van der Waals surface area contributed by atoms with E-state index in [1.54, 1.807) is 0 Å². The Morgan fingerprint density at radius 2 is 1.61 bits per heavy atom. The molecule has 0 saturated carbocycles. The van der Waals surface area contributed by atoms with Gasteiger partial charge in [-0.2, -0.15) is 0 Å². The van der Waals surface area contributed by atoms with Gasteiger partial charge >= 0.3 is 0 Å². The topological polar surface area (TPSA) is 86.8 Å². The Kier molecular flexibility index (Phi) is 10.9. The minimum Gasteiger partial charge on any atom is -0.352 e. The van der Waals surface area contributed by atoms with Crippen molar-refractivity contribution in [3.05, 3.63) is 62.6 Å². The zero-order chi connectivity index (χ0) is 27.2. The second-order valence-corrected chi connectivity index (χ2v) is 11.8. The van der Waals surface area contributed by atoms with E-state index in [-0.39, 0.29) is 39.2 Å². The van der Waals surface area contributed by atoms with E-state index < -0.39 is 28.5 Å². The Balaban J connectivity index is 2.52. The lowest BCUT2D eigenvalue weighted by atomic mass is 10.1. The van der Waals surface area contributed by atoms with Gasteiger partial charge in [0.15, 0.2) is 0 Å². The van der Waals surface area contributed by atoms with Gasteiger partial charge in [-0.3, -0.25) is 13.9 Å². The number of hydrogen-bond donors (Lipinski definition) is 1. The smallest absolute Gasteiger partial charge is 0.244 e. The molecule has 0 spiro atoms. The lowest BCUT2D eigenvalue weighted by Crippen LogP contribution is -2.53. The molecule has 36 heavy (non-hydrogen) atoms. The summed E-state index contributed by atoms with van der Waals surface area (Å²) in [6.45, 7) is 7.11. The number of aryl methyl sites for hydroxylation is 1. The van der Waals surface area contributed by atoms with Crippen LogP contribution in [0.3, 0.4) is 0 Å². The molecule has 2 atom stereocenters. The molecule has 7 nitrogen and oxygen atoms in total. The highest BCUT2D eigenvalue weighted by atomic mass is 35.5. The van der Waals surface area contributed by atoms with E-state index in [1.165, 1.54) is 17.0 Å². The van der Waals surface area contributed by atoms with Crippen molar-refractivity contribution >= 4 is 62.3 Å². The summed E-state index contributed by atoms with van der Waals surface area (Å²) in [5, 5.41) is 3.20. The number of anilines is 1. The third kappa shape index (κ3) is 7.75. The van der Waals surface area contributed by atoms with Crippen molar-refractivity contribution in [2.75, 3.05) is 17.1 Å². The Hall–Kier alpha value is -2.00. The van der Waals surface area contributed by atoms with Crippen LogP contribution in [0.5, 0.6) is 0 Å². The van der Waals surface area contributed by atoms with Crippen LogP contribution in [0.15, 0.2) is 36.4 Å². The van der Waals surface area contributed by atoms with Crippen molar-refractivity contribution in [3.8, 4) is 0 Å². The predicted molar refractivity (Wildman–Crippen MR) is 147 cm³/mol. The average molecular weight is 577 g/mol. The van der Waals surface area contributed by atoms with Crippen LogP contribution in [0.4, 0.5) is 5.69 Å². The summed E-state index contributed by atoms with van der Waals surface area (Å²) < 4.78 is 26.4. The van der Waals surface area contributed by atoms with Crippen molar-refractivity contribution in [3.63, 3.8) is 0 Å². The fourth-order valence-electron chi connectivity index (χ4n) is 3.63. The Bertz CT molecular complexity index is 1210. The number of carbonyl (C=O) groups is 2. The van der Waals surface area contributed by atoms with Crippen LogP contribution in [-0.4, -0.2) is 50.0 Å². The molecule has 2 unspecified atom stereocenters. The van der Waals surface area contributed by atoms with Gasteiger partial charge in [-0.1, -0.05) is 72.9 Å². The molecular formula is C25H32Cl3N3O4S. The molecule has 0 aliphatic carbocycles. The van der Waals surface area contributed by atoms with Crippen LogP contribution >= 0.6 is 34.8 Å². The van der Waals surface area contributed by atoms with Crippen molar-refractivity contribution in [2.24, 2.45) is 0 Å². The van der Waals surface area contributed by atoms with E-state index in [0.717, 1.165) is 28.1 Å². The van der Waals surface area contributed by atoms with Crippen molar-refractivity contribution in [2.45, 2.75) is 59.2 Å². The van der Waals surface area contributed by atoms with Gasteiger partial charge in [-0.05, 0) is 49.9 Å². The molecule has 2 aromatic rings. The fourth-order valence-corrected chi connectivity index (χ4v) is 5.18. The maximum absolute atomic E-state index is 13.8. The molecule has 0 aromatic heterocycles. The molecule has 0 radical (unpaired) electrons. The van der Waals surface area contributed by atoms with Crippen molar-refractivity contribution in [1.29, 1.82) is 0 Å². The van der Waals surface area contributed by atoms with Gasteiger partial charge in [0, 0.05) is 12.6 Å². The molecule has 198 valence electrons. The van der Waals surface area contributed by atoms with E-state index >= 15 is 0 Å². The Morgan fingerprint density at radius 3 is 2.17 bits per heavy atom. The maximum atomic E-state index is 13.8. The number of rotatable bonds is 11. The van der Waals surface area contributed by atoms with Crippen LogP contribution in [0.2, 0.25) is 15.1 Å². The summed E-state index contributed by atoms with van der Waals surface area (Å²) in [6.07, 6.45) is 2.04. The van der Waals surface area contributed by atoms with Gasteiger partial charge in [0.25, 0.3) is 0 Å². The standard InChI is InChI=1S/C25H32Cl3N3O4S/c1-6-17(4)29-25(33)22(7-2)30(14-18-11-9-8-10-16(18)3)24(32)15-31(36(5,34)35)23-13-20(27)19(26)12-21(23)28/h8-13,17,22H,6-7,14-15H2,1-5H3,(H,29,33). The van der Waals surface area contributed by atoms with Gasteiger partial charge in [0.1, 0.15) is 12.6 Å². The summed E-state index contributed by atoms with van der Waals surface area (Å²) in [6, 6.07) is 9.26. The number of amides is 2. The summed E-state index contributed by atoms with van der Waals surface area (Å²) in [7, 11) is -3.96. The summed E-state index contributed by atoms with van der Waals surface area (Å²) in [5.74, 6) is -0.857. The lowest BCUT2D eigenvalue weighted by molar-refractivity contribution is -0.140. The normalized spacial score (nSPS) is 13.1. The number of nitrogens with one attached hydrogen (secondary N) is 1. The third-order valence-corrected chi connectivity index (χ3v) is 8.08. The summed E-state index contributed by atoms with van der Waals surface area (Å²) in [5.41, 5.74) is 1.81. The molecular weight excluding hydrogens is 545 g/mol. The number of carbonyl (C=O) groups excluding carboxylic acids is 2. The number of sulfonamides is 1. The van der Waals surface area contributed by atoms with E-state index in [4.69, 9.17) is 34.8 Å². The monoisotopic (exact) mass is 575 g/mol. The highest BCUT2D eigenvalue weighted by molar-refractivity contribution is 7.92. The maximum Gasteiger partial charge on any atom is 0.244 e. The molecule has 2 rings (SSSR count). The first kappa shape index (κ1) is 30.2. The second kappa shape index (κ2) is 13.0. The minimum atomic E-state index is -3.96. The first-order valence-corrected chi connectivity index (χ1v) is 14.5. The Morgan fingerprint density at radius 1 is 1.00 bits per heavy atom. The quantitative estimate of drug-likeness (QED) is 0.361.